The Balaban J connectivity index is 1.90. The number of nitrogens with one attached hydrogen (secondary N) is 1. The van der Waals surface area contributed by atoms with E-state index in [4.69, 9.17) is 0 Å². The quantitative estimate of drug-likeness (QED) is 0.446. The van der Waals surface area contributed by atoms with E-state index in [2.05, 4.69) is 42.4 Å². The van der Waals surface area contributed by atoms with Gasteiger partial charge in [-0.15, -0.1) is 0 Å². The summed E-state index contributed by atoms with van der Waals surface area (Å²) >= 11 is 6.66. The molecule has 0 aliphatic rings. The molecule has 4 nitrogen and oxygen atoms in total. The molecule has 0 saturated heterocycles. The molecule has 1 amide bonds. The lowest BCUT2D eigenvalue weighted by Crippen LogP contribution is -2.18. The number of amides is 1. The predicted molar refractivity (Wildman–Crippen MR) is 103 cm³/mol. The number of phenols is 1. The number of carbonyl (C=O) groups is 1. The maximum Gasteiger partial charge on any atom is 0.272 e. The Morgan fingerprint density at radius 3 is 2.54 bits per heavy atom. The first-order valence-electron chi connectivity index (χ1n) is 7.06. The van der Waals surface area contributed by atoms with Gasteiger partial charge in [-0.05, 0) is 60.8 Å². The Morgan fingerprint density at radius 2 is 1.75 bits per heavy atom. The van der Waals surface area contributed by atoms with Gasteiger partial charge < -0.3 is 5.11 Å². The van der Waals surface area contributed by atoms with Gasteiger partial charge in [-0.1, -0.05) is 36.4 Å². The van der Waals surface area contributed by atoms with Gasteiger partial charge in [0.1, 0.15) is 5.75 Å². The average molecular weight is 448 g/mol. The highest BCUT2D eigenvalue weighted by Gasteiger charge is 2.10. The fourth-order valence-corrected chi connectivity index (χ4v) is 3.25. The van der Waals surface area contributed by atoms with Gasteiger partial charge in [0.05, 0.1) is 16.3 Å². The van der Waals surface area contributed by atoms with Crippen molar-refractivity contribution in [2.24, 2.45) is 5.10 Å². The number of hydrazone groups is 1. The summed E-state index contributed by atoms with van der Waals surface area (Å²) in [4.78, 5) is 12.1. The van der Waals surface area contributed by atoms with Crippen LogP contribution in [0.5, 0.6) is 5.75 Å². The zero-order valence-corrected chi connectivity index (χ0v) is 15.5. The summed E-state index contributed by atoms with van der Waals surface area (Å²) in [6.45, 7) is 0. The van der Waals surface area contributed by atoms with E-state index >= 15 is 0 Å². The summed E-state index contributed by atoms with van der Waals surface area (Å²) in [5.74, 6) is -0.259. The van der Waals surface area contributed by atoms with E-state index in [1.165, 1.54) is 6.21 Å². The van der Waals surface area contributed by atoms with E-state index in [0.29, 0.717) is 20.1 Å². The first-order valence-corrected chi connectivity index (χ1v) is 8.64. The molecular weight excluding hydrogens is 436 g/mol. The monoisotopic (exact) mass is 446 g/mol. The smallest absolute Gasteiger partial charge is 0.272 e. The number of benzene rings is 3. The first-order chi connectivity index (χ1) is 11.6. The number of halogens is 2. The first kappa shape index (κ1) is 16.7. The number of hydrogen-bond acceptors (Lipinski definition) is 3. The lowest BCUT2D eigenvalue weighted by molar-refractivity contribution is 0.0954. The summed E-state index contributed by atoms with van der Waals surface area (Å²) in [5.41, 5.74) is 3.49. The minimum absolute atomic E-state index is 0.0765. The zero-order chi connectivity index (χ0) is 17.1. The molecule has 0 unspecified atom stereocenters. The van der Waals surface area contributed by atoms with Gasteiger partial charge in [0, 0.05) is 10.0 Å². The lowest BCUT2D eigenvalue weighted by Gasteiger charge is -2.07. The third kappa shape index (κ3) is 3.34. The number of carbonyl (C=O) groups excluding carboxylic acids is 1. The third-order valence-corrected chi connectivity index (χ3v) is 4.79. The molecule has 6 heteroatoms. The van der Waals surface area contributed by atoms with E-state index in [0.717, 1.165) is 10.8 Å². The molecule has 3 aromatic carbocycles. The second kappa shape index (κ2) is 7.15. The van der Waals surface area contributed by atoms with Crippen LogP contribution in [0.1, 0.15) is 15.9 Å². The molecule has 3 rings (SSSR count). The van der Waals surface area contributed by atoms with Crippen LogP contribution < -0.4 is 5.43 Å². The zero-order valence-electron chi connectivity index (χ0n) is 12.3. The van der Waals surface area contributed by atoms with Gasteiger partial charge >= 0.3 is 0 Å². The molecule has 0 atom stereocenters. The van der Waals surface area contributed by atoms with Gasteiger partial charge in [0.15, 0.2) is 0 Å². The Kier molecular flexibility index (Phi) is 4.97. The summed E-state index contributed by atoms with van der Waals surface area (Å²) in [6.07, 6.45) is 1.44. The maximum absolute atomic E-state index is 12.1. The third-order valence-electron chi connectivity index (χ3n) is 3.49. The van der Waals surface area contributed by atoms with Gasteiger partial charge in [-0.2, -0.15) is 5.10 Å². The highest BCUT2D eigenvalue weighted by atomic mass is 79.9. The molecule has 0 spiro atoms. The molecular formula is C18H12Br2N2O2. The van der Waals surface area contributed by atoms with Crippen LogP contribution in [0.3, 0.4) is 0 Å². The summed E-state index contributed by atoms with van der Waals surface area (Å²) in [5, 5.41) is 16.1. The van der Waals surface area contributed by atoms with Gasteiger partial charge in [-0.3, -0.25) is 4.79 Å². The largest absolute Gasteiger partial charge is 0.506 e. The molecule has 0 heterocycles. The molecule has 0 aromatic heterocycles. The van der Waals surface area contributed by atoms with Crippen LogP contribution in [-0.4, -0.2) is 17.2 Å². The van der Waals surface area contributed by atoms with Crippen molar-refractivity contribution in [2.45, 2.75) is 0 Å². The second-order valence-corrected chi connectivity index (χ2v) is 6.73. The van der Waals surface area contributed by atoms with Crippen LogP contribution in [0.15, 0.2) is 68.6 Å². The molecule has 0 saturated carbocycles. The molecule has 120 valence electrons. The average Bonchev–Trinajstić information content (AvgIpc) is 2.58. The van der Waals surface area contributed by atoms with Crippen LogP contribution in [0.25, 0.3) is 10.8 Å². The van der Waals surface area contributed by atoms with Crippen LogP contribution in [0, 0.1) is 0 Å². The molecule has 0 bridgehead atoms. The molecule has 0 radical (unpaired) electrons. The number of nitrogens with zero attached hydrogens (tertiary/aromatic N) is 1. The Hall–Kier alpha value is -2.18. The second-order valence-electron chi connectivity index (χ2n) is 5.02. The topological polar surface area (TPSA) is 61.7 Å². The maximum atomic E-state index is 12.1. The van der Waals surface area contributed by atoms with Crippen molar-refractivity contribution in [1.29, 1.82) is 0 Å². The van der Waals surface area contributed by atoms with Crippen LogP contribution in [-0.2, 0) is 0 Å². The van der Waals surface area contributed by atoms with Crippen molar-refractivity contribution < 1.29 is 9.90 Å². The molecule has 3 aromatic rings. The van der Waals surface area contributed by atoms with E-state index in [9.17, 15) is 9.90 Å². The number of aromatic hydroxyl groups is 1. The van der Waals surface area contributed by atoms with Crippen LogP contribution in [0.4, 0.5) is 0 Å². The van der Waals surface area contributed by atoms with E-state index < -0.39 is 0 Å². The fraction of sp³-hybridized carbons (Fsp3) is 0. The highest BCUT2D eigenvalue weighted by Crippen LogP contribution is 2.33. The molecule has 0 fully saturated rings. The normalized spacial score (nSPS) is 11.1. The predicted octanol–water partition coefficient (Wildman–Crippen LogP) is 4.83. The van der Waals surface area contributed by atoms with Gasteiger partial charge in [-0.25, -0.2) is 5.43 Å². The van der Waals surface area contributed by atoms with Crippen molar-refractivity contribution >= 4 is 54.8 Å². The van der Waals surface area contributed by atoms with Crippen molar-refractivity contribution in [3.05, 3.63) is 74.7 Å². The van der Waals surface area contributed by atoms with E-state index in [1.807, 2.05) is 36.4 Å². The van der Waals surface area contributed by atoms with Crippen molar-refractivity contribution in [2.75, 3.05) is 0 Å². The standard InChI is InChI=1S/C18H12Br2N2O2/c19-15-8-4-3-7-13(15)18(24)22-21-10-14-12-6-2-1-5-11(12)9-16(20)17(14)23/h1-10,23H,(H,22,24). The van der Waals surface area contributed by atoms with Crippen molar-refractivity contribution in [3.8, 4) is 5.75 Å². The van der Waals surface area contributed by atoms with E-state index in [-0.39, 0.29) is 11.7 Å². The van der Waals surface area contributed by atoms with E-state index in [1.54, 1.807) is 18.2 Å². The fourth-order valence-electron chi connectivity index (χ4n) is 2.32. The SMILES string of the molecule is O=C(NN=Cc1c(O)c(Br)cc2ccccc12)c1ccccc1Br. The Labute approximate surface area is 155 Å². The lowest BCUT2D eigenvalue weighted by atomic mass is 10.0. The highest BCUT2D eigenvalue weighted by molar-refractivity contribution is 9.10. The number of hydrogen-bond donors (Lipinski definition) is 2. The van der Waals surface area contributed by atoms with Gasteiger partial charge in [0.2, 0.25) is 0 Å². The summed E-state index contributed by atoms with van der Waals surface area (Å²) < 4.78 is 1.26. The minimum Gasteiger partial charge on any atom is -0.506 e. The molecule has 0 aliphatic heterocycles. The molecule has 0 aliphatic carbocycles. The number of fused-ring (bicyclic) bond motifs is 1. The van der Waals surface area contributed by atoms with Crippen molar-refractivity contribution in [3.63, 3.8) is 0 Å². The minimum atomic E-state index is -0.336. The molecule has 24 heavy (non-hydrogen) atoms. The summed E-state index contributed by atoms with van der Waals surface area (Å²) in [7, 11) is 0. The number of phenolic OH excluding ortho intramolecular Hbond substituents is 1. The van der Waals surface area contributed by atoms with Crippen molar-refractivity contribution in [1.82, 2.24) is 5.43 Å². The summed E-state index contributed by atoms with van der Waals surface area (Å²) in [6, 6.07) is 16.5. The Bertz CT molecular complexity index is 955. The van der Waals surface area contributed by atoms with Crippen LogP contribution >= 0.6 is 31.9 Å². The Morgan fingerprint density at radius 1 is 1.04 bits per heavy atom. The van der Waals surface area contributed by atoms with Gasteiger partial charge in [0.25, 0.3) is 5.91 Å². The molecule has 2 N–H and O–H groups in total. The van der Waals surface area contributed by atoms with Crippen LogP contribution in [0.2, 0.25) is 0 Å². The number of rotatable bonds is 3.